The zero-order valence-corrected chi connectivity index (χ0v) is 15.5. The van der Waals surface area contributed by atoms with E-state index in [1.165, 1.54) is 11.3 Å². The van der Waals surface area contributed by atoms with E-state index in [0.29, 0.717) is 24.0 Å². The van der Waals surface area contributed by atoms with Crippen LogP contribution in [0.3, 0.4) is 0 Å². The minimum Gasteiger partial charge on any atom is -0.466 e. The average molecular weight is 365 g/mol. The third-order valence-corrected chi connectivity index (χ3v) is 4.11. The van der Waals surface area contributed by atoms with Crippen molar-refractivity contribution in [1.29, 1.82) is 0 Å². The highest BCUT2D eigenvalue weighted by molar-refractivity contribution is 7.13. The molecular weight excluding hydrogens is 342 g/mol. The predicted octanol–water partition coefficient (Wildman–Crippen LogP) is 1.54. The van der Waals surface area contributed by atoms with Crippen molar-refractivity contribution in [1.82, 2.24) is 19.7 Å². The van der Waals surface area contributed by atoms with Crippen LogP contribution in [-0.2, 0) is 33.8 Å². The van der Waals surface area contributed by atoms with Crippen LogP contribution in [0.15, 0.2) is 17.8 Å². The maximum Gasteiger partial charge on any atom is 0.311 e. The largest absolute Gasteiger partial charge is 0.466 e. The number of anilines is 1. The minimum atomic E-state index is -0.321. The lowest BCUT2D eigenvalue weighted by atomic mass is 10.3. The first-order valence-electron chi connectivity index (χ1n) is 8.09. The molecule has 2 rings (SSSR count). The second-order valence-corrected chi connectivity index (χ2v) is 6.41. The summed E-state index contributed by atoms with van der Waals surface area (Å²) in [6, 6.07) is 0. The standard InChI is InChI=1S/C16H23N5O3S/c1-4-21-9-12(7-17-21)8-20(3)10-14(22)19-16-18-13(11-25-16)6-15(23)24-5-2/h7,9,11H,4-6,8,10H2,1-3H3,(H,18,19,22). The molecule has 8 nitrogen and oxygen atoms in total. The summed E-state index contributed by atoms with van der Waals surface area (Å²) in [6.07, 6.45) is 3.89. The highest BCUT2D eigenvalue weighted by Crippen LogP contribution is 2.16. The highest BCUT2D eigenvalue weighted by atomic mass is 32.1. The monoisotopic (exact) mass is 365 g/mol. The zero-order chi connectivity index (χ0) is 18.2. The Labute approximate surface area is 150 Å². The Morgan fingerprint density at radius 2 is 2.20 bits per heavy atom. The molecule has 1 N–H and O–H groups in total. The second-order valence-electron chi connectivity index (χ2n) is 5.55. The van der Waals surface area contributed by atoms with Gasteiger partial charge < -0.3 is 10.1 Å². The lowest BCUT2D eigenvalue weighted by Gasteiger charge is -2.14. The molecule has 1 amide bonds. The quantitative estimate of drug-likeness (QED) is 0.678. The van der Waals surface area contributed by atoms with Gasteiger partial charge in [-0.25, -0.2) is 4.98 Å². The fraction of sp³-hybridized carbons (Fsp3) is 0.500. The molecule has 0 spiro atoms. The van der Waals surface area contributed by atoms with Gasteiger partial charge in [0.1, 0.15) is 0 Å². The fourth-order valence-corrected chi connectivity index (χ4v) is 2.96. The number of aryl methyl sites for hydroxylation is 1. The van der Waals surface area contributed by atoms with Crippen LogP contribution in [0.1, 0.15) is 25.1 Å². The summed E-state index contributed by atoms with van der Waals surface area (Å²) in [5.41, 5.74) is 1.65. The van der Waals surface area contributed by atoms with E-state index in [4.69, 9.17) is 4.74 Å². The van der Waals surface area contributed by atoms with Gasteiger partial charge in [0.25, 0.3) is 0 Å². The molecule has 0 aromatic carbocycles. The number of thiazole rings is 1. The zero-order valence-electron chi connectivity index (χ0n) is 14.7. The van der Waals surface area contributed by atoms with Crippen LogP contribution in [0, 0.1) is 0 Å². The number of ether oxygens (including phenoxy) is 1. The number of aromatic nitrogens is 3. The van der Waals surface area contributed by atoms with Gasteiger partial charge in [-0.2, -0.15) is 5.10 Å². The van der Waals surface area contributed by atoms with Gasteiger partial charge in [0.15, 0.2) is 5.13 Å². The molecule has 0 aliphatic rings. The summed E-state index contributed by atoms with van der Waals surface area (Å²) < 4.78 is 6.73. The molecule has 0 unspecified atom stereocenters. The molecule has 0 aliphatic heterocycles. The lowest BCUT2D eigenvalue weighted by Crippen LogP contribution is -2.29. The number of amides is 1. The Morgan fingerprint density at radius 3 is 2.88 bits per heavy atom. The number of hydrogen-bond donors (Lipinski definition) is 1. The molecule has 136 valence electrons. The molecule has 0 saturated heterocycles. The van der Waals surface area contributed by atoms with Gasteiger partial charge in [0.2, 0.25) is 5.91 Å². The summed E-state index contributed by atoms with van der Waals surface area (Å²) in [5.74, 6) is -0.472. The number of hydrogen-bond acceptors (Lipinski definition) is 7. The first kappa shape index (κ1) is 19.1. The summed E-state index contributed by atoms with van der Waals surface area (Å²) in [5, 5.41) is 9.20. The molecule has 0 fully saturated rings. The topological polar surface area (TPSA) is 89.4 Å². The van der Waals surface area contributed by atoms with Crippen LogP contribution in [-0.4, -0.2) is 51.7 Å². The van der Waals surface area contributed by atoms with Crippen molar-refractivity contribution < 1.29 is 14.3 Å². The molecule has 0 bridgehead atoms. The van der Waals surface area contributed by atoms with Gasteiger partial charge in [0.05, 0.1) is 31.5 Å². The van der Waals surface area contributed by atoms with Crippen molar-refractivity contribution in [3.63, 3.8) is 0 Å². The van der Waals surface area contributed by atoms with E-state index in [1.54, 1.807) is 18.5 Å². The Balaban J connectivity index is 1.79. The van der Waals surface area contributed by atoms with Crippen LogP contribution in [0.5, 0.6) is 0 Å². The SMILES string of the molecule is CCOC(=O)Cc1csc(NC(=O)CN(C)Cc2cnn(CC)c2)n1. The van der Waals surface area contributed by atoms with Gasteiger partial charge in [-0.05, 0) is 20.9 Å². The Kier molecular flexibility index (Phi) is 7.08. The van der Waals surface area contributed by atoms with E-state index < -0.39 is 0 Å². The smallest absolute Gasteiger partial charge is 0.311 e. The van der Waals surface area contributed by atoms with Crippen molar-refractivity contribution in [3.8, 4) is 0 Å². The molecule has 0 saturated carbocycles. The lowest BCUT2D eigenvalue weighted by molar-refractivity contribution is -0.142. The molecule has 2 heterocycles. The van der Waals surface area contributed by atoms with Gasteiger partial charge >= 0.3 is 5.97 Å². The normalized spacial score (nSPS) is 10.9. The average Bonchev–Trinajstić information content (AvgIpc) is 3.16. The maximum absolute atomic E-state index is 12.1. The molecule has 0 radical (unpaired) electrons. The number of carbonyl (C=O) groups excluding carboxylic acids is 2. The van der Waals surface area contributed by atoms with Crippen LogP contribution in [0.2, 0.25) is 0 Å². The van der Waals surface area contributed by atoms with Gasteiger partial charge in [-0.1, -0.05) is 0 Å². The number of likely N-dealkylation sites (N-methyl/N-ethyl adjacent to an activating group) is 1. The molecule has 0 atom stereocenters. The molecule has 2 aromatic heterocycles. The number of nitrogens with zero attached hydrogens (tertiary/aromatic N) is 4. The Morgan fingerprint density at radius 1 is 1.40 bits per heavy atom. The van der Waals surface area contributed by atoms with E-state index >= 15 is 0 Å². The summed E-state index contributed by atoms with van der Waals surface area (Å²) in [6.45, 7) is 5.83. The molecule has 9 heteroatoms. The molecule has 0 aliphatic carbocycles. The van der Waals surface area contributed by atoms with Crippen LogP contribution >= 0.6 is 11.3 Å². The van der Waals surface area contributed by atoms with E-state index in [1.807, 2.05) is 29.7 Å². The van der Waals surface area contributed by atoms with Crippen molar-refractivity contribution in [2.24, 2.45) is 0 Å². The van der Waals surface area contributed by atoms with Crippen molar-refractivity contribution in [2.75, 3.05) is 25.5 Å². The number of rotatable bonds is 9. The van der Waals surface area contributed by atoms with Crippen molar-refractivity contribution in [3.05, 3.63) is 29.0 Å². The minimum absolute atomic E-state index is 0.113. The third kappa shape index (κ3) is 6.28. The number of nitrogens with one attached hydrogen (secondary N) is 1. The number of esters is 1. The number of carbonyl (C=O) groups is 2. The van der Waals surface area contributed by atoms with Gasteiger partial charge in [0, 0.05) is 30.2 Å². The molecular formula is C16H23N5O3S. The maximum atomic E-state index is 12.1. The molecule has 25 heavy (non-hydrogen) atoms. The second kappa shape index (κ2) is 9.28. The molecule has 2 aromatic rings. The predicted molar refractivity (Wildman–Crippen MR) is 95.3 cm³/mol. The van der Waals surface area contributed by atoms with E-state index in [9.17, 15) is 9.59 Å². The highest BCUT2D eigenvalue weighted by Gasteiger charge is 2.12. The summed E-state index contributed by atoms with van der Waals surface area (Å²) in [4.78, 5) is 29.7. The first-order valence-corrected chi connectivity index (χ1v) is 8.97. The van der Waals surface area contributed by atoms with Crippen molar-refractivity contribution in [2.45, 2.75) is 33.4 Å². The summed E-state index contributed by atoms with van der Waals surface area (Å²) >= 11 is 1.29. The van der Waals surface area contributed by atoms with Crippen LogP contribution < -0.4 is 5.32 Å². The Hall–Kier alpha value is -2.26. The van der Waals surface area contributed by atoms with Crippen LogP contribution in [0.4, 0.5) is 5.13 Å². The fourth-order valence-electron chi connectivity index (χ4n) is 2.24. The van der Waals surface area contributed by atoms with E-state index in [2.05, 4.69) is 15.4 Å². The van der Waals surface area contributed by atoms with Gasteiger partial charge in [-0.3, -0.25) is 19.2 Å². The van der Waals surface area contributed by atoms with E-state index in [-0.39, 0.29) is 24.8 Å². The Bertz CT molecular complexity index is 712. The van der Waals surface area contributed by atoms with E-state index in [0.717, 1.165) is 12.1 Å². The summed E-state index contributed by atoms with van der Waals surface area (Å²) in [7, 11) is 1.87. The van der Waals surface area contributed by atoms with Gasteiger partial charge in [-0.15, -0.1) is 11.3 Å². The third-order valence-electron chi connectivity index (χ3n) is 3.31. The first-order chi connectivity index (χ1) is 12.0. The van der Waals surface area contributed by atoms with Crippen LogP contribution in [0.25, 0.3) is 0 Å². The van der Waals surface area contributed by atoms with Crippen molar-refractivity contribution >= 4 is 28.3 Å².